The first-order valence-electron chi connectivity index (χ1n) is 9.36. The highest BCUT2D eigenvalue weighted by Crippen LogP contribution is 2.42. The van der Waals surface area contributed by atoms with Crippen molar-refractivity contribution in [3.63, 3.8) is 0 Å². The number of ether oxygens (including phenoxy) is 1. The number of halogens is 3. The van der Waals surface area contributed by atoms with Crippen LogP contribution in [0.1, 0.15) is 28.1 Å². The predicted molar refractivity (Wildman–Crippen MR) is 114 cm³/mol. The van der Waals surface area contributed by atoms with E-state index in [1.807, 2.05) is 10.8 Å². The molecule has 3 aromatic heterocycles. The predicted octanol–water partition coefficient (Wildman–Crippen LogP) is 4.52. The lowest BCUT2D eigenvalue weighted by Gasteiger charge is -2.19. The molecule has 0 amide bonds. The molecular formula is C21H18F3N5O3S. The molecule has 1 N–H and O–H groups in total. The van der Waals surface area contributed by atoms with Crippen LogP contribution in [0.25, 0.3) is 11.3 Å². The highest BCUT2D eigenvalue weighted by atomic mass is 32.2. The normalized spacial score (nSPS) is 11.7. The Kier molecular flexibility index (Phi) is 6.29. The molecule has 0 fully saturated rings. The molecule has 0 atom stereocenters. The van der Waals surface area contributed by atoms with Gasteiger partial charge in [-0.05, 0) is 44.5 Å². The van der Waals surface area contributed by atoms with Crippen molar-refractivity contribution in [2.24, 2.45) is 0 Å². The Morgan fingerprint density at radius 2 is 1.79 bits per heavy atom. The topological polar surface area (TPSA) is 118 Å². The summed E-state index contributed by atoms with van der Waals surface area (Å²) < 4.78 is 73.3. The third-order valence-corrected chi connectivity index (χ3v) is 4.97. The van der Waals surface area contributed by atoms with Gasteiger partial charge >= 0.3 is 6.18 Å². The molecule has 3 rings (SSSR count). The van der Waals surface area contributed by atoms with Gasteiger partial charge in [0.15, 0.2) is 5.75 Å². The van der Waals surface area contributed by atoms with E-state index >= 15 is 0 Å². The van der Waals surface area contributed by atoms with Crippen LogP contribution in [0.5, 0.6) is 11.6 Å². The van der Waals surface area contributed by atoms with Crippen molar-refractivity contribution in [3.8, 4) is 29.0 Å². The third kappa shape index (κ3) is 5.56. The number of aryl methyl sites for hydroxylation is 3. The third-order valence-electron chi connectivity index (χ3n) is 4.38. The number of pyridine rings is 3. The van der Waals surface area contributed by atoms with Gasteiger partial charge in [0.2, 0.25) is 15.9 Å². The van der Waals surface area contributed by atoms with Crippen molar-refractivity contribution in [2.45, 2.75) is 26.9 Å². The zero-order chi connectivity index (χ0) is 24.6. The first kappa shape index (κ1) is 23.9. The quantitative estimate of drug-likeness (QED) is 0.574. The fourth-order valence-corrected chi connectivity index (χ4v) is 3.72. The summed E-state index contributed by atoms with van der Waals surface area (Å²) in [5.41, 5.74) is -0.601. The molecule has 0 saturated heterocycles. The number of alkyl halides is 3. The zero-order valence-corrected chi connectivity index (χ0v) is 18.8. The molecule has 12 heteroatoms. The van der Waals surface area contributed by atoms with Crippen LogP contribution in [-0.2, 0) is 16.2 Å². The number of nitriles is 1. The molecule has 172 valence electrons. The molecule has 0 spiro atoms. The Balaban J connectivity index is 2.31. The Bertz CT molecular complexity index is 1360. The Hall–Kier alpha value is -3.72. The Labute approximate surface area is 188 Å². The van der Waals surface area contributed by atoms with Crippen LogP contribution >= 0.6 is 0 Å². The molecule has 0 saturated carbocycles. The highest BCUT2D eigenvalue weighted by molar-refractivity contribution is 7.92. The monoisotopic (exact) mass is 477 g/mol. The van der Waals surface area contributed by atoms with E-state index in [1.165, 1.54) is 12.3 Å². The van der Waals surface area contributed by atoms with Crippen LogP contribution in [0.15, 0.2) is 30.6 Å². The van der Waals surface area contributed by atoms with E-state index in [0.29, 0.717) is 23.0 Å². The van der Waals surface area contributed by atoms with Crippen molar-refractivity contribution in [1.82, 2.24) is 15.0 Å². The van der Waals surface area contributed by atoms with Gasteiger partial charge in [-0.15, -0.1) is 0 Å². The van der Waals surface area contributed by atoms with Gasteiger partial charge in [-0.25, -0.2) is 13.4 Å². The lowest BCUT2D eigenvalue weighted by Crippen LogP contribution is -2.15. The molecule has 0 bridgehead atoms. The van der Waals surface area contributed by atoms with Gasteiger partial charge in [-0.2, -0.15) is 18.4 Å². The fraction of sp³-hybridized carbons (Fsp3) is 0.238. The maximum absolute atomic E-state index is 13.9. The summed E-state index contributed by atoms with van der Waals surface area (Å²) in [5.74, 6) is -0.193. The Morgan fingerprint density at radius 1 is 1.09 bits per heavy atom. The van der Waals surface area contributed by atoms with Crippen molar-refractivity contribution in [2.75, 3.05) is 11.0 Å². The molecule has 3 aromatic rings. The second kappa shape index (κ2) is 8.67. The van der Waals surface area contributed by atoms with Gasteiger partial charge in [0, 0.05) is 23.7 Å². The molecule has 8 nitrogen and oxygen atoms in total. The fourth-order valence-electron chi connectivity index (χ4n) is 3.18. The second-order valence-corrected chi connectivity index (χ2v) is 9.03. The molecule has 0 aliphatic rings. The number of rotatable bonds is 5. The van der Waals surface area contributed by atoms with E-state index < -0.39 is 39.0 Å². The minimum atomic E-state index is -4.89. The first-order valence-corrected chi connectivity index (χ1v) is 11.3. The standard InChI is InChI=1S/C21H18F3N5O3S/c1-11-5-12(2)27-13(3)19(11)32-20-17(29-33(4,30)31)7-16(21(22,23)24)18(28-20)15-6-14(8-25)9-26-10-15/h5-7,9-10,29H,1-4H3. The second-order valence-electron chi connectivity index (χ2n) is 7.28. The molecule has 3 heterocycles. The maximum Gasteiger partial charge on any atom is 0.418 e. The van der Waals surface area contributed by atoms with Gasteiger partial charge < -0.3 is 4.74 Å². The molecule has 0 radical (unpaired) electrons. The first-order chi connectivity index (χ1) is 15.3. The summed E-state index contributed by atoms with van der Waals surface area (Å²) in [6.45, 7) is 5.13. The van der Waals surface area contributed by atoms with Gasteiger partial charge in [0.05, 0.1) is 28.8 Å². The molecule has 0 aliphatic heterocycles. The molecular weight excluding hydrogens is 459 g/mol. The highest BCUT2D eigenvalue weighted by Gasteiger charge is 2.37. The zero-order valence-electron chi connectivity index (χ0n) is 17.9. The van der Waals surface area contributed by atoms with Crippen molar-refractivity contribution >= 4 is 15.7 Å². The van der Waals surface area contributed by atoms with E-state index in [2.05, 4.69) is 15.0 Å². The number of aromatic nitrogens is 3. The summed E-state index contributed by atoms with van der Waals surface area (Å²) >= 11 is 0. The largest absolute Gasteiger partial charge is 0.435 e. The van der Waals surface area contributed by atoms with E-state index in [9.17, 15) is 21.6 Å². The van der Waals surface area contributed by atoms with E-state index in [0.717, 1.165) is 12.5 Å². The average molecular weight is 477 g/mol. The van der Waals surface area contributed by atoms with E-state index in [1.54, 1.807) is 26.8 Å². The lowest BCUT2D eigenvalue weighted by atomic mass is 10.1. The van der Waals surface area contributed by atoms with Crippen LogP contribution in [-0.4, -0.2) is 29.6 Å². The number of nitrogens with one attached hydrogen (secondary N) is 1. The minimum Gasteiger partial charge on any atom is -0.435 e. The molecule has 0 unspecified atom stereocenters. The molecule has 0 aromatic carbocycles. The van der Waals surface area contributed by atoms with Gasteiger partial charge in [-0.1, -0.05) is 0 Å². The Morgan fingerprint density at radius 3 is 2.36 bits per heavy atom. The van der Waals surface area contributed by atoms with Crippen molar-refractivity contribution in [3.05, 3.63) is 58.7 Å². The van der Waals surface area contributed by atoms with Crippen molar-refractivity contribution < 1.29 is 26.3 Å². The van der Waals surface area contributed by atoms with Crippen LogP contribution in [0.3, 0.4) is 0 Å². The number of hydrogen-bond donors (Lipinski definition) is 1. The summed E-state index contributed by atoms with van der Waals surface area (Å²) in [6.07, 6.45) is -1.79. The van der Waals surface area contributed by atoms with E-state index in [-0.39, 0.29) is 16.9 Å². The van der Waals surface area contributed by atoms with Gasteiger partial charge in [0.1, 0.15) is 11.8 Å². The summed E-state index contributed by atoms with van der Waals surface area (Å²) in [6, 6.07) is 5.31. The van der Waals surface area contributed by atoms with Crippen molar-refractivity contribution in [1.29, 1.82) is 5.26 Å². The lowest BCUT2D eigenvalue weighted by molar-refractivity contribution is -0.137. The molecule has 33 heavy (non-hydrogen) atoms. The van der Waals surface area contributed by atoms with Crippen LogP contribution < -0.4 is 9.46 Å². The van der Waals surface area contributed by atoms with Crippen LogP contribution in [0, 0.1) is 32.1 Å². The summed E-state index contributed by atoms with van der Waals surface area (Å²) in [7, 11) is -3.98. The number of anilines is 1. The van der Waals surface area contributed by atoms with E-state index in [4.69, 9.17) is 10.00 Å². The summed E-state index contributed by atoms with van der Waals surface area (Å²) in [5, 5.41) is 9.10. The number of hydrogen-bond acceptors (Lipinski definition) is 7. The minimum absolute atomic E-state index is 0.0256. The smallest absolute Gasteiger partial charge is 0.418 e. The molecule has 0 aliphatic carbocycles. The average Bonchev–Trinajstić information content (AvgIpc) is 2.69. The van der Waals surface area contributed by atoms with Gasteiger partial charge in [0.25, 0.3) is 0 Å². The van der Waals surface area contributed by atoms with Crippen LogP contribution in [0.2, 0.25) is 0 Å². The SMILES string of the molecule is Cc1cc(C)c(Oc2nc(-c3cncc(C#N)c3)c(C(F)(F)F)cc2NS(C)(=O)=O)c(C)n1. The van der Waals surface area contributed by atoms with Crippen LogP contribution in [0.4, 0.5) is 18.9 Å². The summed E-state index contributed by atoms with van der Waals surface area (Å²) in [4.78, 5) is 12.1. The number of nitrogens with zero attached hydrogens (tertiary/aromatic N) is 4. The maximum atomic E-state index is 13.9. The van der Waals surface area contributed by atoms with Gasteiger partial charge in [-0.3, -0.25) is 14.7 Å². The number of sulfonamides is 1.